The number of hydrogen-bond donors (Lipinski definition) is 2. The van der Waals surface area contributed by atoms with Crippen molar-refractivity contribution in [2.24, 2.45) is 0 Å². The monoisotopic (exact) mass is 550 g/mol. The summed E-state index contributed by atoms with van der Waals surface area (Å²) in [6.07, 6.45) is -2.06. The van der Waals surface area contributed by atoms with Gasteiger partial charge in [0.25, 0.3) is 0 Å². The maximum Gasteiger partial charge on any atom is 0.694 e. The van der Waals surface area contributed by atoms with E-state index in [2.05, 4.69) is 14.6 Å². The van der Waals surface area contributed by atoms with Crippen molar-refractivity contribution in [3.05, 3.63) is 59.4 Å². The Hall–Kier alpha value is -1.75. The number of rotatable bonds is 15. The van der Waals surface area contributed by atoms with Gasteiger partial charge >= 0.3 is 14.6 Å². The molecule has 0 amide bonds. The highest BCUT2D eigenvalue weighted by atomic mass is 32.2. The minimum Gasteiger partial charge on any atom is -0.405 e. The Morgan fingerprint density at radius 2 is 1.92 bits per heavy atom. The van der Waals surface area contributed by atoms with Crippen molar-refractivity contribution >= 4 is 20.0 Å². The molecule has 0 radical (unpaired) electrons. The standard InChI is InChI=1S/C24H28F4NO5PS/c25-20-7-2-1-6-19(20)23(16-32-17-23)10-3-4-13-36-22-9-8-18(14-21(22)34-24(26,27)28)15-29-11-5-12-33-35(30)31/h1-2,6-9,14,29H,3-5,10-13,15-17H2/p+1. The number of benzene rings is 2. The average molecular weight is 551 g/mol. The molecule has 12 heteroatoms. The molecule has 0 saturated carbocycles. The fraction of sp³-hybridized carbons (Fsp3) is 0.500. The van der Waals surface area contributed by atoms with Crippen LogP contribution in [0.1, 0.15) is 36.8 Å². The first-order valence-electron chi connectivity index (χ1n) is 11.5. The smallest absolute Gasteiger partial charge is 0.405 e. The summed E-state index contributed by atoms with van der Waals surface area (Å²) in [6, 6.07) is 11.4. The Morgan fingerprint density at radius 1 is 1.14 bits per heavy atom. The summed E-state index contributed by atoms with van der Waals surface area (Å²) in [7, 11) is -2.63. The third-order valence-corrected chi connectivity index (χ3v) is 7.32. The fourth-order valence-corrected chi connectivity index (χ4v) is 5.24. The highest BCUT2D eigenvalue weighted by Crippen LogP contribution is 2.39. The zero-order valence-corrected chi connectivity index (χ0v) is 21.3. The first-order chi connectivity index (χ1) is 17.2. The Bertz CT molecular complexity index is 1010. The first kappa shape index (κ1) is 28.8. The predicted molar refractivity (Wildman–Crippen MR) is 129 cm³/mol. The number of ether oxygens (including phenoxy) is 2. The second-order valence-corrected chi connectivity index (χ2v) is 10.4. The molecule has 0 aliphatic carbocycles. The Kier molecular flexibility index (Phi) is 11.0. The number of alkyl halides is 3. The molecule has 0 spiro atoms. The summed E-state index contributed by atoms with van der Waals surface area (Å²) in [5, 5.41) is 3.05. The maximum atomic E-state index is 14.3. The van der Waals surface area contributed by atoms with Gasteiger partial charge in [-0.25, -0.2) is 4.39 Å². The lowest BCUT2D eigenvalue weighted by molar-refractivity contribution is -0.275. The van der Waals surface area contributed by atoms with E-state index in [1.54, 1.807) is 24.3 Å². The predicted octanol–water partition coefficient (Wildman–Crippen LogP) is 6.10. The Balaban J connectivity index is 1.49. The van der Waals surface area contributed by atoms with E-state index in [4.69, 9.17) is 9.63 Å². The van der Waals surface area contributed by atoms with Gasteiger partial charge in [0, 0.05) is 21.4 Å². The molecule has 2 N–H and O–H groups in total. The van der Waals surface area contributed by atoms with E-state index >= 15 is 0 Å². The third kappa shape index (κ3) is 8.97. The zero-order chi connectivity index (χ0) is 26.0. The van der Waals surface area contributed by atoms with Crippen molar-refractivity contribution in [1.29, 1.82) is 0 Å². The van der Waals surface area contributed by atoms with Gasteiger partial charge in [-0.1, -0.05) is 30.7 Å². The minimum atomic E-state index is -4.81. The lowest BCUT2D eigenvalue weighted by atomic mass is 9.74. The van der Waals surface area contributed by atoms with E-state index < -0.39 is 14.6 Å². The second-order valence-electron chi connectivity index (χ2n) is 8.49. The number of thioether (sulfide) groups is 1. The van der Waals surface area contributed by atoms with Crippen LogP contribution in [-0.2, 0) is 25.8 Å². The molecule has 198 valence electrons. The van der Waals surface area contributed by atoms with Crippen LogP contribution in [0.15, 0.2) is 47.4 Å². The molecule has 1 heterocycles. The minimum absolute atomic E-state index is 0.102. The van der Waals surface area contributed by atoms with Crippen LogP contribution in [0.2, 0.25) is 0 Å². The zero-order valence-electron chi connectivity index (χ0n) is 19.6. The summed E-state index contributed by atoms with van der Waals surface area (Å²) >= 11 is 1.29. The number of halogens is 4. The van der Waals surface area contributed by atoms with Crippen LogP contribution in [-0.4, -0.2) is 43.4 Å². The lowest BCUT2D eigenvalue weighted by Gasteiger charge is -2.42. The van der Waals surface area contributed by atoms with Gasteiger partial charge in [0.2, 0.25) is 0 Å². The molecule has 1 atom stereocenters. The third-order valence-electron chi connectivity index (χ3n) is 5.77. The van der Waals surface area contributed by atoms with E-state index in [0.717, 1.165) is 19.3 Å². The number of hydrogen-bond acceptors (Lipinski definition) is 6. The van der Waals surface area contributed by atoms with Crippen molar-refractivity contribution in [2.75, 3.05) is 32.1 Å². The topological polar surface area (TPSA) is 77.0 Å². The number of unbranched alkanes of at least 4 members (excludes halogenated alkanes) is 1. The molecular formula is C24H29F4NO5PS+. The van der Waals surface area contributed by atoms with Crippen molar-refractivity contribution in [3.63, 3.8) is 0 Å². The fourth-order valence-electron chi connectivity index (χ4n) is 3.98. The van der Waals surface area contributed by atoms with Crippen molar-refractivity contribution < 1.29 is 41.0 Å². The molecule has 1 aliphatic heterocycles. The SMILES string of the molecule is O=[P+](O)OCCCNCc1ccc(SCCCCC2(c3ccccc3F)COC2)c(OC(F)(F)F)c1. The van der Waals surface area contributed by atoms with E-state index in [9.17, 15) is 22.1 Å². The molecule has 2 aromatic rings. The number of nitrogens with one attached hydrogen (secondary N) is 1. The van der Waals surface area contributed by atoms with E-state index in [1.165, 1.54) is 23.9 Å². The first-order valence-corrected chi connectivity index (χ1v) is 13.6. The highest BCUT2D eigenvalue weighted by Gasteiger charge is 2.41. The Morgan fingerprint density at radius 3 is 2.58 bits per heavy atom. The van der Waals surface area contributed by atoms with E-state index in [0.29, 0.717) is 54.5 Å². The van der Waals surface area contributed by atoms with Crippen molar-refractivity contribution in [3.8, 4) is 5.75 Å². The van der Waals surface area contributed by atoms with Gasteiger partial charge in [0.05, 0.1) is 13.2 Å². The molecule has 1 fully saturated rings. The van der Waals surface area contributed by atoms with Gasteiger partial charge in [-0.3, -0.25) is 0 Å². The van der Waals surface area contributed by atoms with Crippen molar-refractivity contribution in [2.45, 2.75) is 48.9 Å². The van der Waals surface area contributed by atoms with Gasteiger partial charge in [-0.05, 0) is 60.9 Å². The maximum absolute atomic E-state index is 14.3. The Labute approximate surface area is 212 Å². The van der Waals surface area contributed by atoms with Crippen molar-refractivity contribution in [1.82, 2.24) is 5.32 Å². The summed E-state index contributed by atoms with van der Waals surface area (Å²) in [5.41, 5.74) is 0.937. The molecule has 1 aliphatic rings. The molecule has 0 bridgehead atoms. The van der Waals surface area contributed by atoms with E-state index in [1.807, 2.05) is 6.07 Å². The highest BCUT2D eigenvalue weighted by molar-refractivity contribution is 7.99. The second kappa shape index (κ2) is 13.7. The van der Waals surface area contributed by atoms with Gasteiger partial charge < -0.3 is 14.8 Å². The van der Waals surface area contributed by atoms with Crippen LogP contribution in [0.25, 0.3) is 0 Å². The molecule has 1 unspecified atom stereocenters. The summed E-state index contributed by atoms with van der Waals surface area (Å²) in [6.45, 7) is 1.81. The van der Waals surface area contributed by atoms with Gasteiger partial charge in [0.15, 0.2) is 0 Å². The molecule has 36 heavy (non-hydrogen) atoms. The summed E-state index contributed by atoms with van der Waals surface area (Å²) in [4.78, 5) is 8.97. The van der Waals surface area contributed by atoms with Crippen LogP contribution in [0.5, 0.6) is 5.75 Å². The van der Waals surface area contributed by atoms with Gasteiger partial charge in [-0.15, -0.1) is 34.4 Å². The summed E-state index contributed by atoms with van der Waals surface area (Å²) < 4.78 is 77.9. The molecular weight excluding hydrogens is 521 g/mol. The lowest BCUT2D eigenvalue weighted by Crippen LogP contribution is -2.47. The molecule has 6 nitrogen and oxygen atoms in total. The van der Waals surface area contributed by atoms with Gasteiger partial charge in [-0.2, -0.15) is 0 Å². The van der Waals surface area contributed by atoms with E-state index in [-0.39, 0.29) is 23.6 Å². The molecule has 0 aromatic heterocycles. The summed E-state index contributed by atoms with van der Waals surface area (Å²) in [5.74, 6) is 0.101. The van der Waals surface area contributed by atoms with Crippen LogP contribution in [0.3, 0.4) is 0 Å². The quantitative estimate of drug-likeness (QED) is 0.120. The van der Waals surface area contributed by atoms with Crippen LogP contribution < -0.4 is 10.1 Å². The molecule has 2 aromatic carbocycles. The largest absolute Gasteiger partial charge is 0.694 e. The molecule has 3 rings (SSSR count). The average Bonchev–Trinajstić information content (AvgIpc) is 2.78. The molecule has 1 saturated heterocycles. The van der Waals surface area contributed by atoms with Crippen LogP contribution >= 0.6 is 20.0 Å². The van der Waals surface area contributed by atoms with Crippen LogP contribution in [0, 0.1) is 5.82 Å². The van der Waals surface area contributed by atoms with Gasteiger partial charge in [0.1, 0.15) is 18.2 Å². The van der Waals surface area contributed by atoms with Crippen LogP contribution in [0.4, 0.5) is 17.6 Å². The normalized spacial score (nSPS) is 15.4.